The van der Waals surface area contributed by atoms with Gasteiger partial charge in [-0.3, -0.25) is 4.79 Å². The summed E-state index contributed by atoms with van der Waals surface area (Å²) in [6.45, 7) is 0.685. The molecule has 0 saturated carbocycles. The van der Waals surface area contributed by atoms with Crippen molar-refractivity contribution in [3.05, 3.63) is 22.4 Å². The molecule has 17 heavy (non-hydrogen) atoms. The van der Waals surface area contributed by atoms with Crippen molar-refractivity contribution in [1.82, 2.24) is 0 Å². The summed E-state index contributed by atoms with van der Waals surface area (Å²) in [7, 11) is 0. The largest absolute Gasteiger partial charge is 0.480 e. The molecule has 1 aromatic rings. The first kappa shape index (κ1) is 14.2. The lowest BCUT2D eigenvalue weighted by molar-refractivity contribution is -0.140. The van der Waals surface area contributed by atoms with Gasteiger partial charge in [-0.25, -0.2) is 0 Å². The summed E-state index contributed by atoms with van der Waals surface area (Å²) in [6, 6.07) is 1.24. The Morgan fingerprint density at radius 2 is 2.29 bits per heavy atom. The second-order valence-electron chi connectivity index (χ2n) is 3.96. The maximum absolute atomic E-state index is 10.4. The Bertz CT molecular complexity index is 314. The highest BCUT2D eigenvalue weighted by Crippen LogP contribution is 2.10. The summed E-state index contributed by atoms with van der Waals surface area (Å²) in [5, 5.41) is 12.8. The maximum atomic E-state index is 10.4. The number of carbonyl (C=O) groups is 1. The highest BCUT2D eigenvalue weighted by molar-refractivity contribution is 7.07. The number of carboxylic acids is 1. The first-order valence-corrected chi connectivity index (χ1v) is 6.71. The molecule has 4 nitrogen and oxygen atoms in total. The number of ether oxygens (including phenoxy) is 1. The SMILES string of the molecule is N[C@H](COCCCCCc1ccsc1)C(=O)O. The van der Waals surface area contributed by atoms with Crippen LogP contribution in [-0.4, -0.2) is 30.3 Å². The predicted molar refractivity (Wildman–Crippen MR) is 68.3 cm³/mol. The van der Waals surface area contributed by atoms with Gasteiger partial charge in [0, 0.05) is 6.61 Å². The van der Waals surface area contributed by atoms with E-state index >= 15 is 0 Å². The highest BCUT2D eigenvalue weighted by atomic mass is 32.1. The average molecular weight is 257 g/mol. The van der Waals surface area contributed by atoms with Crippen LogP contribution in [0.25, 0.3) is 0 Å². The smallest absolute Gasteiger partial charge is 0.322 e. The van der Waals surface area contributed by atoms with Gasteiger partial charge in [0.25, 0.3) is 0 Å². The molecule has 0 bridgehead atoms. The molecule has 96 valence electrons. The van der Waals surface area contributed by atoms with Crippen molar-refractivity contribution in [2.24, 2.45) is 5.73 Å². The van der Waals surface area contributed by atoms with E-state index in [0.717, 1.165) is 25.7 Å². The maximum Gasteiger partial charge on any atom is 0.322 e. The minimum atomic E-state index is -1.01. The molecule has 0 aliphatic heterocycles. The average Bonchev–Trinajstić information content (AvgIpc) is 2.80. The van der Waals surface area contributed by atoms with Crippen LogP contribution in [0.15, 0.2) is 16.8 Å². The summed E-state index contributed by atoms with van der Waals surface area (Å²) < 4.78 is 5.19. The predicted octanol–water partition coefficient (Wildman–Crippen LogP) is 1.89. The number of aryl methyl sites for hydroxylation is 1. The van der Waals surface area contributed by atoms with Crippen LogP contribution in [0, 0.1) is 0 Å². The second-order valence-corrected chi connectivity index (χ2v) is 4.74. The van der Waals surface area contributed by atoms with E-state index in [2.05, 4.69) is 16.8 Å². The zero-order chi connectivity index (χ0) is 12.5. The minimum Gasteiger partial charge on any atom is -0.480 e. The van der Waals surface area contributed by atoms with Gasteiger partial charge >= 0.3 is 5.97 Å². The van der Waals surface area contributed by atoms with E-state index in [4.69, 9.17) is 15.6 Å². The van der Waals surface area contributed by atoms with E-state index in [9.17, 15) is 4.79 Å². The Balaban J connectivity index is 1.89. The Morgan fingerprint density at radius 1 is 1.47 bits per heavy atom. The number of unbranched alkanes of at least 4 members (excludes halogenated alkanes) is 2. The Labute approximate surface area is 105 Å². The van der Waals surface area contributed by atoms with E-state index < -0.39 is 12.0 Å². The highest BCUT2D eigenvalue weighted by Gasteiger charge is 2.10. The molecule has 3 N–H and O–H groups in total. The summed E-state index contributed by atoms with van der Waals surface area (Å²) >= 11 is 1.72. The first-order chi connectivity index (χ1) is 8.20. The molecule has 1 heterocycles. The molecule has 0 aliphatic carbocycles. The lowest BCUT2D eigenvalue weighted by Crippen LogP contribution is -2.34. The van der Waals surface area contributed by atoms with Gasteiger partial charge in [0.05, 0.1) is 6.61 Å². The molecule has 0 unspecified atom stereocenters. The van der Waals surface area contributed by atoms with Gasteiger partial charge in [-0.15, -0.1) is 0 Å². The van der Waals surface area contributed by atoms with Crippen LogP contribution in [0.1, 0.15) is 24.8 Å². The van der Waals surface area contributed by atoms with Gasteiger partial charge in [-0.05, 0) is 41.7 Å². The Hall–Kier alpha value is -0.910. The molecule has 0 radical (unpaired) electrons. The molecule has 0 saturated heterocycles. The molecule has 0 aromatic carbocycles. The molecule has 0 amide bonds. The van der Waals surface area contributed by atoms with Crippen LogP contribution >= 0.6 is 11.3 Å². The van der Waals surface area contributed by atoms with Crippen molar-refractivity contribution in [2.75, 3.05) is 13.2 Å². The lowest BCUT2D eigenvalue weighted by Gasteiger charge is -2.07. The van der Waals surface area contributed by atoms with Crippen LogP contribution in [0.3, 0.4) is 0 Å². The lowest BCUT2D eigenvalue weighted by atomic mass is 10.1. The number of hydrogen-bond donors (Lipinski definition) is 2. The Kier molecular flexibility index (Phi) is 6.84. The van der Waals surface area contributed by atoms with E-state index in [1.54, 1.807) is 11.3 Å². The van der Waals surface area contributed by atoms with Crippen molar-refractivity contribution in [3.63, 3.8) is 0 Å². The van der Waals surface area contributed by atoms with E-state index in [-0.39, 0.29) is 6.61 Å². The van der Waals surface area contributed by atoms with Crippen LogP contribution in [0.5, 0.6) is 0 Å². The zero-order valence-corrected chi connectivity index (χ0v) is 10.6. The van der Waals surface area contributed by atoms with Crippen LogP contribution < -0.4 is 5.73 Å². The number of hydrogen-bond acceptors (Lipinski definition) is 4. The molecular formula is C12H19NO3S. The quantitative estimate of drug-likeness (QED) is 0.663. The zero-order valence-electron chi connectivity index (χ0n) is 9.80. The van der Waals surface area contributed by atoms with Crippen molar-refractivity contribution in [2.45, 2.75) is 31.7 Å². The van der Waals surface area contributed by atoms with Gasteiger partial charge in [0.1, 0.15) is 6.04 Å². The number of aliphatic carboxylic acids is 1. The van der Waals surface area contributed by atoms with Crippen molar-refractivity contribution in [3.8, 4) is 0 Å². The van der Waals surface area contributed by atoms with Gasteiger partial charge in [-0.1, -0.05) is 6.42 Å². The third kappa shape index (κ3) is 6.41. The summed E-state index contributed by atoms with van der Waals surface area (Å²) in [5.41, 5.74) is 6.69. The fourth-order valence-electron chi connectivity index (χ4n) is 1.43. The fourth-order valence-corrected chi connectivity index (χ4v) is 2.13. The van der Waals surface area contributed by atoms with Crippen LogP contribution in [0.2, 0.25) is 0 Å². The minimum absolute atomic E-state index is 0.0971. The first-order valence-electron chi connectivity index (χ1n) is 5.77. The molecule has 1 aromatic heterocycles. The van der Waals surface area contributed by atoms with Gasteiger partial charge in [-0.2, -0.15) is 11.3 Å². The Morgan fingerprint density at radius 3 is 2.94 bits per heavy atom. The third-order valence-electron chi connectivity index (χ3n) is 2.45. The van der Waals surface area contributed by atoms with Crippen LogP contribution in [-0.2, 0) is 16.0 Å². The summed E-state index contributed by atoms with van der Waals surface area (Å²) in [4.78, 5) is 10.4. The molecule has 1 rings (SSSR count). The summed E-state index contributed by atoms with van der Waals surface area (Å²) in [6.07, 6.45) is 4.30. The standard InChI is InChI=1S/C12H19NO3S/c13-11(12(14)15)8-16-6-3-1-2-4-10-5-7-17-9-10/h5,7,9,11H,1-4,6,8,13H2,(H,14,15)/t11-/m1/s1. The molecule has 1 atom stereocenters. The second kappa shape index (κ2) is 8.22. The normalized spacial score (nSPS) is 12.5. The topological polar surface area (TPSA) is 72.5 Å². The van der Waals surface area contributed by atoms with E-state index in [0.29, 0.717) is 6.61 Å². The van der Waals surface area contributed by atoms with Crippen molar-refractivity contribution in [1.29, 1.82) is 0 Å². The third-order valence-corrected chi connectivity index (χ3v) is 3.18. The van der Waals surface area contributed by atoms with E-state index in [1.165, 1.54) is 5.56 Å². The molecule has 0 aliphatic rings. The van der Waals surface area contributed by atoms with E-state index in [1.807, 2.05) is 0 Å². The number of thiophene rings is 1. The fraction of sp³-hybridized carbons (Fsp3) is 0.583. The molecule has 0 spiro atoms. The number of nitrogens with two attached hydrogens (primary N) is 1. The van der Waals surface area contributed by atoms with Crippen molar-refractivity contribution < 1.29 is 14.6 Å². The molecule has 0 fully saturated rings. The summed E-state index contributed by atoms with van der Waals surface area (Å²) in [5.74, 6) is -1.01. The van der Waals surface area contributed by atoms with Gasteiger partial charge < -0.3 is 15.6 Å². The van der Waals surface area contributed by atoms with Gasteiger partial charge in [0.2, 0.25) is 0 Å². The van der Waals surface area contributed by atoms with Gasteiger partial charge in [0.15, 0.2) is 0 Å². The number of rotatable bonds is 9. The van der Waals surface area contributed by atoms with Crippen molar-refractivity contribution >= 4 is 17.3 Å². The molecular weight excluding hydrogens is 238 g/mol. The van der Waals surface area contributed by atoms with Crippen LogP contribution in [0.4, 0.5) is 0 Å². The number of carboxylic acid groups (broad SMARTS) is 1. The monoisotopic (exact) mass is 257 g/mol. The molecule has 5 heteroatoms.